The quantitative estimate of drug-likeness (QED) is 0.672. The fourth-order valence-corrected chi connectivity index (χ4v) is 2.99. The summed E-state index contributed by atoms with van der Waals surface area (Å²) in [4.78, 5) is 34.9. The molecule has 1 aliphatic heterocycles. The maximum atomic E-state index is 12.6. The van der Waals surface area contributed by atoms with Crippen LogP contribution in [-0.2, 0) is 9.53 Å². The van der Waals surface area contributed by atoms with E-state index >= 15 is 0 Å². The number of aromatic nitrogens is 4. The standard InChI is InChI=1S/C19H18N6O3/c1-28-19(27)14-5-2-3-6-15(14)23-18(26)13-10-24(11-13)16-9-17(21-12-20-16)25-8-4-7-22-25/h2-9,12-13H,10-11H2,1H3,(H,23,26). The van der Waals surface area contributed by atoms with Crippen LogP contribution in [0.15, 0.2) is 55.1 Å². The lowest BCUT2D eigenvalue weighted by Crippen LogP contribution is -2.52. The number of hydrogen-bond donors (Lipinski definition) is 1. The van der Waals surface area contributed by atoms with Gasteiger partial charge in [0.05, 0.1) is 24.3 Å². The van der Waals surface area contributed by atoms with Crippen molar-refractivity contribution in [1.82, 2.24) is 19.7 Å². The van der Waals surface area contributed by atoms with Crippen LogP contribution in [0.5, 0.6) is 0 Å². The molecule has 4 rings (SSSR count). The molecule has 3 aromatic rings. The number of benzene rings is 1. The predicted molar refractivity (Wildman–Crippen MR) is 101 cm³/mol. The summed E-state index contributed by atoms with van der Waals surface area (Å²) in [5.41, 5.74) is 0.773. The average Bonchev–Trinajstić information content (AvgIpc) is 3.22. The zero-order chi connectivity index (χ0) is 19.5. The lowest BCUT2D eigenvalue weighted by atomic mass is 9.98. The third-order valence-electron chi connectivity index (χ3n) is 4.54. The van der Waals surface area contributed by atoms with Crippen LogP contribution >= 0.6 is 0 Å². The Bertz CT molecular complexity index is 998. The second-order valence-corrected chi connectivity index (χ2v) is 6.31. The first kappa shape index (κ1) is 17.7. The molecule has 28 heavy (non-hydrogen) atoms. The number of para-hydroxylation sites is 1. The van der Waals surface area contributed by atoms with Gasteiger partial charge in [0.15, 0.2) is 5.82 Å². The maximum absolute atomic E-state index is 12.6. The summed E-state index contributed by atoms with van der Waals surface area (Å²) in [5, 5.41) is 6.98. The highest BCUT2D eigenvalue weighted by molar-refractivity contribution is 6.02. The van der Waals surface area contributed by atoms with Gasteiger partial charge in [0.2, 0.25) is 5.91 Å². The van der Waals surface area contributed by atoms with E-state index in [1.54, 1.807) is 41.3 Å². The van der Waals surface area contributed by atoms with Crippen molar-refractivity contribution < 1.29 is 14.3 Å². The van der Waals surface area contributed by atoms with Crippen molar-refractivity contribution in [2.45, 2.75) is 0 Å². The van der Waals surface area contributed by atoms with Crippen molar-refractivity contribution in [3.05, 3.63) is 60.7 Å². The fraction of sp³-hybridized carbons (Fsp3) is 0.211. The third-order valence-corrected chi connectivity index (χ3v) is 4.54. The second kappa shape index (κ2) is 7.47. The number of ether oxygens (including phenoxy) is 1. The summed E-state index contributed by atoms with van der Waals surface area (Å²) < 4.78 is 6.41. The molecule has 9 nitrogen and oxygen atoms in total. The van der Waals surface area contributed by atoms with Gasteiger partial charge >= 0.3 is 5.97 Å². The highest BCUT2D eigenvalue weighted by Gasteiger charge is 2.34. The molecule has 9 heteroatoms. The van der Waals surface area contributed by atoms with Crippen molar-refractivity contribution in [2.24, 2.45) is 5.92 Å². The van der Waals surface area contributed by atoms with E-state index < -0.39 is 5.97 Å². The van der Waals surface area contributed by atoms with E-state index in [2.05, 4.69) is 20.4 Å². The lowest BCUT2D eigenvalue weighted by Gasteiger charge is -2.39. The average molecular weight is 378 g/mol. The number of hydrogen-bond acceptors (Lipinski definition) is 7. The number of carbonyl (C=O) groups excluding carboxylic acids is 2. The van der Waals surface area contributed by atoms with Gasteiger partial charge in [-0.25, -0.2) is 19.4 Å². The first-order valence-corrected chi connectivity index (χ1v) is 8.71. The van der Waals surface area contributed by atoms with E-state index in [0.717, 1.165) is 5.82 Å². The number of rotatable bonds is 5. The number of anilines is 2. The number of methoxy groups -OCH3 is 1. The van der Waals surface area contributed by atoms with Crippen LogP contribution in [0.25, 0.3) is 5.82 Å². The van der Waals surface area contributed by atoms with Crippen LogP contribution in [0.2, 0.25) is 0 Å². The Labute approximate surface area is 161 Å². The Morgan fingerprint density at radius 2 is 1.93 bits per heavy atom. The molecule has 142 valence electrons. The summed E-state index contributed by atoms with van der Waals surface area (Å²) in [7, 11) is 1.31. The number of nitrogens with zero attached hydrogens (tertiary/aromatic N) is 5. The molecule has 1 saturated heterocycles. The zero-order valence-corrected chi connectivity index (χ0v) is 15.1. The van der Waals surface area contributed by atoms with Crippen LogP contribution in [0, 0.1) is 5.92 Å². The van der Waals surface area contributed by atoms with Crippen LogP contribution in [0.4, 0.5) is 11.5 Å². The molecular formula is C19H18N6O3. The normalized spacial score (nSPS) is 13.7. The van der Waals surface area contributed by atoms with Gasteiger partial charge in [-0.3, -0.25) is 4.79 Å². The Morgan fingerprint density at radius 1 is 1.14 bits per heavy atom. The summed E-state index contributed by atoms with van der Waals surface area (Å²) in [5.74, 6) is 0.565. The Morgan fingerprint density at radius 3 is 2.68 bits per heavy atom. The lowest BCUT2D eigenvalue weighted by molar-refractivity contribution is -0.120. The molecule has 1 fully saturated rings. The topological polar surface area (TPSA) is 102 Å². The number of nitrogens with one attached hydrogen (secondary N) is 1. The zero-order valence-electron chi connectivity index (χ0n) is 15.1. The van der Waals surface area contributed by atoms with Gasteiger partial charge in [-0.2, -0.15) is 5.10 Å². The molecule has 1 aromatic carbocycles. The summed E-state index contributed by atoms with van der Waals surface area (Å²) in [6.45, 7) is 1.06. The number of esters is 1. The minimum atomic E-state index is -0.488. The van der Waals surface area contributed by atoms with Crippen LogP contribution in [0.1, 0.15) is 10.4 Å². The summed E-state index contributed by atoms with van der Waals surface area (Å²) in [6.07, 6.45) is 4.96. The van der Waals surface area contributed by atoms with Gasteiger partial charge in [-0.05, 0) is 18.2 Å². The minimum absolute atomic E-state index is 0.144. The molecule has 1 aliphatic rings. The minimum Gasteiger partial charge on any atom is -0.465 e. The molecule has 0 atom stereocenters. The molecule has 0 radical (unpaired) electrons. The fourth-order valence-electron chi connectivity index (χ4n) is 2.99. The van der Waals surface area contributed by atoms with E-state index in [9.17, 15) is 9.59 Å². The van der Waals surface area contributed by atoms with Crippen LogP contribution in [-0.4, -0.2) is 51.8 Å². The molecule has 0 bridgehead atoms. The molecular weight excluding hydrogens is 360 g/mol. The van der Waals surface area contributed by atoms with Gasteiger partial charge in [0, 0.05) is 31.5 Å². The first-order valence-electron chi connectivity index (χ1n) is 8.71. The van der Waals surface area contributed by atoms with Gasteiger partial charge < -0.3 is 15.0 Å². The molecule has 3 heterocycles. The largest absolute Gasteiger partial charge is 0.465 e. The maximum Gasteiger partial charge on any atom is 0.339 e. The van der Waals surface area contributed by atoms with E-state index in [1.807, 2.05) is 17.0 Å². The van der Waals surface area contributed by atoms with E-state index in [1.165, 1.54) is 13.4 Å². The van der Waals surface area contributed by atoms with Crippen molar-refractivity contribution >= 4 is 23.4 Å². The highest BCUT2D eigenvalue weighted by atomic mass is 16.5. The second-order valence-electron chi connectivity index (χ2n) is 6.31. The SMILES string of the molecule is COC(=O)c1ccccc1NC(=O)C1CN(c2cc(-n3cccn3)ncn2)C1. The van der Waals surface area contributed by atoms with Crippen molar-refractivity contribution in [2.75, 3.05) is 30.4 Å². The molecule has 1 amide bonds. The molecule has 0 spiro atoms. The van der Waals surface area contributed by atoms with Gasteiger partial charge in [0.1, 0.15) is 12.1 Å². The predicted octanol–water partition coefficient (Wildman–Crippen LogP) is 1.52. The number of amides is 1. The third kappa shape index (κ3) is 3.41. The van der Waals surface area contributed by atoms with E-state index in [-0.39, 0.29) is 11.8 Å². The van der Waals surface area contributed by atoms with Crippen LogP contribution < -0.4 is 10.2 Å². The smallest absolute Gasteiger partial charge is 0.339 e. The van der Waals surface area contributed by atoms with Crippen molar-refractivity contribution in [3.63, 3.8) is 0 Å². The summed E-state index contributed by atoms with van der Waals surface area (Å²) in [6, 6.07) is 10.4. The molecule has 0 saturated carbocycles. The van der Waals surface area contributed by atoms with Gasteiger partial charge in [-0.1, -0.05) is 12.1 Å². The van der Waals surface area contributed by atoms with E-state index in [0.29, 0.717) is 30.2 Å². The Kier molecular flexibility index (Phi) is 4.71. The highest BCUT2D eigenvalue weighted by Crippen LogP contribution is 2.25. The molecule has 1 N–H and O–H groups in total. The van der Waals surface area contributed by atoms with Gasteiger partial charge in [-0.15, -0.1) is 0 Å². The monoisotopic (exact) mass is 378 g/mol. The van der Waals surface area contributed by atoms with Crippen molar-refractivity contribution in [3.8, 4) is 5.82 Å². The van der Waals surface area contributed by atoms with Crippen LogP contribution in [0.3, 0.4) is 0 Å². The molecule has 0 unspecified atom stereocenters. The Hall–Kier alpha value is -3.75. The number of carbonyl (C=O) groups is 2. The van der Waals surface area contributed by atoms with Crippen molar-refractivity contribution in [1.29, 1.82) is 0 Å². The van der Waals surface area contributed by atoms with Gasteiger partial charge in [0.25, 0.3) is 0 Å². The van der Waals surface area contributed by atoms with E-state index in [4.69, 9.17) is 4.74 Å². The molecule has 2 aromatic heterocycles. The Balaban J connectivity index is 1.40. The summed E-state index contributed by atoms with van der Waals surface area (Å²) >= 11 is 0. The first-order chi connectivity index (χ1) is 13.7. The molecule has 0 aliphatic carbocycles.